The summed E-state index contributed by atoms with van der Waals surface area (Å²) in [4.78, 5) is 14.9. The van der Waals surface area contributed by atoms with E-state index in [-0.39, 0.29) is 5.69 Å². The zero-order valence-electron chi connectivity index (χ0n) is 12.2. The van der Waals surface area contributed by atoms with Crippen molar-refractivity contribution in [2.75, 3.05) is 0 Å². The molecular formula is C17H14N2O3. The van der Waals surface area contributed by atoms with Crippen molar-refractivity contribution in [2.45, 2.75) is 13.8 Å². The summed E-state index contributed by atoms with van der Waals surface area (Å²) in [5.74, 6) is 1.19. The average Bonchev–Trinajstić information content (AvgIpc) is 2.51. The molecule has 0 aliphatic rings. The van der Waals surface area contributed by atoms with E-state index in [1.165, 1.54) is 11.6 Å². The van der Waals surface area contributed by atoms with Crippen molar-refractivity contribution in [3.63, 3.8) is 0 Å². The summed E-state index contributed by atoms with van der Waals surface area (Å²) < 4.78 is 5.88. The van der Waals surface area contributed by atoms with Crippen molar-refractivity contribution in [1.82, 2.24) is 4.98 Å². The SMILES string of the molecule is Cc1ccc(Oc2ccc([N+](=O)[O-])c3cccnc23)cc1C. The Morgan fingerprint density at radius 3 is 2.64 bits per heavy atom. The molecule has 5 nitrogen and oxygen atoms in total. The molecule has 0 radical (unpaired) electrons. The quantitative estimate of drug-likeness (QED) is 0.525. The van der Waals surface area contributed by atoms with Crippen molar-refractivity contribution in [3.8, 4) is 11.5 Å². The Balaban J connectivity index is 2.10. The second kappa shape index (κ2) is 5.44. The predicted octanol–water partition coefficient (Wildman–Crippen LogP) is 4.55. The van der Waals surface area contributed by atoms with Crippen LogP contribution in [0.25, 0.3) is 10.9 Å². The highest BCUT2D eigenvalue weighted by atomic mass is 16.6. The van der Waals surface area contributed by atoms with E-state index in [4.69, 9.17) is 4.74 Å². The van der Waals surface area contributed by atoms with Gasteiger partial charge in [-0.1, -0.05) is 6.07 Å². The second-order valence-corrected chi connectivity index (χ2v) is 5.09. The Kier molecular flexibility index (Phi) is 3.47. The van der Waals surface area contributed by atoms with Crippen molar-refractivity contribution in [2.24, 2.45) is 0 Å². The molecule has 110 valence electrons. The number of nitro benzene ring substituents is 1. The molecule has 0 spiro atoms. The summed E-state index contributed by atoms with van der Waals surface area (Å²) in [5.41, 5.74) is 2.81. The van der Waals surface area contributed by atoms with Crippen LogP contribution in [-0.4, -0.2) is 9.91 Å². The first-order valence-electron chi connectivity index (χ1n) is 6.83. The number of pyridine rings is 1. The van der Waals surface area contributed by atoms with Gasteiger partial charge >= 0.3 is 0 Å². The zero-order chi connectivity index (χ0) is 15.7. The van der Waals surface area contributed by atoms with Crippen LogP contribution in [-0.2, 0) is 0 Å². The van der Waals surface area contributed by atoms with Crippen molar-refractivity contribution >= 4 is 16.6 Å². The van der Waals surface area contributed by atoms with Crippen molar-refractivity contribution < 1.29 is 9.66 Å². The largest absolute Gasteiger partial charge is 0.455 e. The normalized spacial score (nSPS) is 10.6. The van der Waals surface area contributed by atoms with Crippen LogP contribution in [0.1, 0.15) is 11.1 Å². The Bertz CT molecular complexity index is 875. The molecule has 0 bridgehead atoms. The van der Waals surface area contributed by atoms with Gasteiger partial charge in [-0.2, -0.15) is 0 Å². The van der Waals surface area contributed by atoms with Gasteiger partial charge in [0.15, 0.2) is 5.75 Å². The van der Waals surface area contributed by atoms with Crippen LogP contribution in [0.4, 0.5) is 5.69 Å². The van der Waals surface area contributed by atoms with Gasteiger partial charge in [0.25, 0.3) is 5.69 Å². The molecule has 1 heterocycles. The number of nitro groups is 1. The number of rotatable bonds is 3. The van der Waals surface area contributed by atoms with E-state index in [0.717, 1.165) is 5.56 Å². The number of non-ortho nitro benzene ring substituents is 1. The van der Waals surface area contributed by atoms with Crippen LogP contribution in [0.15, 0.2) is 48.7 Å². The van der Waals surface area contributed by atoms with Gasteiger partial charge < -0.3 is 4.74 Å². The molecule has 0 unspecified atom stereocenters. The molecule has 3 aromatic rings. The van der Waals surface area contributed by atoms with Crippen LogP contribution >= 0.6 is 0 Å². The lowest BCUT2D eigenvalue weighted by molar-refractivity contribution is -0.383. The highest BCUT2D eigenvalue weighted by molar-refractivity contribution is 5.92. The van der Waals surface area contributed by atoms with Crippen molar-refractivity contribution in [3.05, 3.63) is 69.9 Å². The Labute approximate surface area is 127 Å². The Morgan fingerprint density at radius 1 is 1.09 bits per heavy atom. The maximum Gasteiger partial charge on any atom is 0.279 e. The van der Waals surface area contributed by atoms with Gasteiger partial charge in [-0.15, -0.1) is 0 Å². The summed E-state index contributed by atoms with van der Waals surface area (Å²) in [6.45, 7) is 4.04. The van der Waals surface area contributed by atoms with E-state index in [0.29, 0.717) is 22.4 Å². The lowest BCUT2D eigenvalue weighted by atomic mass is 10.1. The molecule has 22 heavy (non-hydrogen) atoms. The lowest BCUT2D eigenvalue weighted by Crippen LogP contribution is -1.94. The fourth-order valence-electron chi connectivity index (χ4n) is 2.28. The number of hydrogen-bond acceptors (Lipinski definition) is 4. The molecule has 0 atom stereocenters. The van der Waals surface area contributed by atoms with Gasteiger partial charge in [0.1, 0.15) is 11.3 Å². The molecule has 0 N–H and O–H groups in total. The highest BCUT2D eigenvalue weighted by Crippen LogP contribution is 2.34. The summed E-state index contributed by atoms with van der Waals surface area (Å²) >= 11 is 0. The van der Waals surface area contributed by atoms with E-state index in [1.54, 1.807) is 24.4 Å². The minimum absolute atomic E-state index is 0.0236. The van der Waals surface area contributed by atoms with Gasteiger partial charge in [-0.25, -0.2) is 0 Å². The number of benzene rings is 2. The number of hydrogen-bond donors (Lipinski definition) is 0. The van der Waals surface area contributed by atoms with E-state index in [2.05, 4.69) is 4.98 Å². The van der Waals surface area contributed by atoms with Gasteiger partial charge in [-0.05, 0) is 55.3 Å². The molecule has 0 amide bonds. The fraction of sp³-hybridized carbons (Fsp3) is 0.118. The van der Waals surface area contributed by atoms with Crippen LogP contribution in [0.2, 0.25) is 0 Å². The zero-order valence-corrected chi connectivity index (χ0v) is 12.2. The molecule has 5 heteroatoms. The summed E-state index contributed by atoms with van der Waals surface area (Å²) in [5, 5.41) is 11.6. The molecule has 0 saturated carbocycles. The first kappa shape index (κ1) is 14.0. The topological polar surface area (TPSA) is 65.3 Å². The third kappa shape index (κ3) is 2.48. The molecule has 3 rings (SSSR count). The van der Waals surface area contributed by atoms with Crippen LogP contribution < -0.4 is 4.74 Å². The average molecular weight is 294 g/mol. The van der Waals surface area contributed by atoms with Gasteiger partial charge in [0, 0.05) is 12.3 Å². The molecule has 0 fully saturated rings. The third-order valence-electron chi connectivity index (χ3n) is 3.61. The Morgan fingerprint density at radius 2 is 1.91 bits per heavy atom. The summed E-state index contributed by atoms with van der Waals surface area (Å²) in [6, 6.07) is 12.2. The maximum absolute atomic E-state index is 11.1. The first-order chi connectivity index (χ1) is 10.6. The summed E-state index contributed by atoms with van der Waals surface area (Å²) in [6.07, 6.45) is 1.60. The third-order valence-corrected chi connectivity index (χ3v) is 3.61. The standard InChI is InChI=1S/C17H14N2O3/c1-11-5-6-13(10-12(11)2)22-16-8-7-15(19(20)21)14-4-3-9-18-17(14)16/h3-10H,1-2H3. The van der Waals surface area contributed by atoms with E-state index >= 15 is 0 Å². The van der Waals surface area contributed by atoms with Crippen LogP contribution in [0.3, 0.4) is 0 Å². The fourth-order valence-corrected chi connectivity index (χ4v) is 2.28. The number of aromatic nitrogens is 1. The minimum atomic E-state index is -0.413. The monoisotopic (exact) mass is 294 g/mol. The van der Waals surface area contributed by atoms with Crippen LogP contribution in [0.5, 0.6) is 11.5 Å². The number of fused-ring (bicyclic) bond motifs is 1. The molecular weight excluding hydrogens is 280 g/mol. The molecule has 2 aromatic carbocycles. The van der Waals surface area contributed by atoms with E-state index in [1.807, 2.05) is 32.0 Å². The molecule has 1 aromatic heterocycles. The van der Waals surface area contributed by atoms with E-state index in [9.17, 15) is 10.1 Å². The van der Waals surface area contributed by atoms with Crippen LogP contribution in [0, 0.1) is 24.0 Å². The molecule has 0 aliphatic carbocycles. The van der Waals surface area contributed by atoms with Gasteiger partial charge in [0.2, 0.25) is 0 Å². The van der Waals surface area contributed by atoms with Crippen molar-refractivity contribution in [1.29, 1.82) is 0 Å². The number of nitrogens with zero attached hydrogens (tertiary/aromatic N) is 2. The molecule has 0 saturated heterocycles. The minimum Gasteiger partial charge on any atom is -0.455 e. The lowest BCUT2D eigenvalue weighted by Gasteiger charge is -2.10. The van der Waals surface area contributed by atoms with Gasteiger partial charge in [0.05, 0.1) is 10.3 Å². The summed E-state index contributed by atoms with van der Waals surface area (Å²) in [7, 11) is 0. The second-order valence-electron chi connectivity index (χ2n) is 5.09. The maximum atomic E-state index is 11.1. The smallest absolute Gasteiger partial charge is 0.279 e. The number of aryl methyl sites for hydroxylation is 2. The highest BCUT2D eigenvalue weighted by Gasteiger charge is 2.16. The first-order valence-corrected chi connectivity index (χ1v) is 6.83. The molecule has 0 aliphatic heterocycles. The predicted molar refractivity (Wildman–Crippen MR) is 84.4 cm³/mol. The van der Waals surface area contributed by atoms with E-state index < -0.39 is 4.92 Å². The number of ether oxygens (including phenoxy) is 1. The van der Waals surface area contributed by atoms with Gasteiger partial charge in [-0.3, -0.25) is 15.1 Å². The Hall–Kier alpha value is -2.95.